The predicted octanol–water partition coefficient (Wildman–Crippen LogP) is 2.20. The van der Waals surface area contributed by atoms with Crippen LogP contribution in [0, 0.1) is 0 Å². The zero-order chi connectivity index (χ0) is 13.8. The number of thiazole rings is 1. The molecule has 0 aliphatic heterocycles. The van der Waals surface area contributed by atoms with Crippen molar-refractivity contribution >= 4 is 23.3 Å². The third-order valence-corrected chi connectivity index (χ3v) is 2.60. The van der Waals surface area contributed by atoms with E-state index < -0.39 is 11.6 Å². The lowest BCUT2D eigenvalue weighted by molar-refractivity contribution is -0.153. The summed E-state index contributed by atoms with van der Waals surface area (Å²) in [5.74, 6) is -0.823. The molecule has 6 heteroatoms. The zero-order valence-electron chi connectivity index (χ0n) is 11.0. The van der Waals surface area contributed by atoms with Gasteiger partial charge in [0, 0.05) is 5.38 Å². The largest absolute Gasteiger partial charge is 0.461 e. The lowest BCUT2D eigenvalue weighted by atomic mass is 10.2. The Bertz CT molecular complexity index is 434. The second kappa shape index (κ2) is 5.95. The Hall–Kier alpha value is -1.43. The molecule has 1 heterocycles. The van der Waals surface area contributed by atoms with Crippen molar-refractivity contribution in [3.05, 3.63) is 16.1 Å². The first-order valence-corrected chi connectivity index (χ1v) is 6.53. The van der Waals surface area contributed by atoms with Gasteiger partial charge in [-0.1, -0.05) is 0 Å². The molecule has 0 N–H and O–H groups in total. The molecule has 0 aliphatic carbocycles. The highest BCUT2D eigenvalue weighted by atomic mass is 32.1. The lowest BCUT2D eigenvalue weighted by Gasteiger charge is -2.18. The second-order valence-electron chi connectivity index (χ2n) is 4.61. The van der Waals surface area contributed by atoms with E-state index in [-0.39, 0.29) is 18.1 Å². The number of carbonyl (C=O) groups is 2. The van der Waals surface area contributed by atoms with E-state index in [4.69, 9.17) is 9.47 Å². The predicted molar refractivity (Wildman–Crippen MR) is 67.6 cm³/mol. The summed E-state index contributed by atoms with van der Waals surface area (Å²) in [5, 5.41) is 2.13. The Morgan fingerprint density at radius 2 is 2.06 bits per heavy atom. The summed E-state index contributed by atoms with van der Waals surface area (Å²) in [6, 6.07) is 0. The smallest absolute Gasteiger partial charge is 0.357 e. The molecule has 1 aromatic rings. The second-order valence-corrected chi connectivity index (χ2v) is 5.55. The molecule has 0 saturated heterocycles. The molecule has 1 aromatic heterocycles. The van der Waals surface area contributed by atoms with Gasteiger partial charge >= 0.3 is 11.9 Å². The van der Waals surface area contributed by atoms with E-state index in [1.165, 1.54) is 11.3 Å². The monoisotopic (exact) mass is 271 g/mol. The zero-order valence-corrected chi connectivity index (χ0v) is 11.8. The average molecular weight is 271 g/mol. The van der Waals surface area contributed by atoms with Crippen LogP contribution in [-0.2, 0) is 20.7 Å². The van der Waals surface area contributed by atoms with Gasteiger partial charge in [-0.15, -0.1) is 11.3 Å². The minimum Gasteiger partial charge on any atom is -0.461 e. The van der Waals surface area contributed by atoms with Crippen LogP contribution in [0.5, 0.6) is 0 Å². The Labute approximate surface area is 110 Å². The molecule has 0 fully saturated rings. The third-order valence-electron chi connectivity index (χ3n) is 1.75. The molecule has 0 bridgehead atoms. The highest BCUT2D eigenvalue weighted by Crippen LogP contribution is 2.14. The van der Waals surface area contributed by atoms with Crippen LogP contribution < -0.4 is 0 Å². The molecule has 0 atom stereocenters. The summed E-state index contributed by atoms with van der Waals surface area (Å²) in [7, 11) is 0. The maximum atomic E-state index is 11.6. The van der Waals surface area contributed by atoms with Gasteiger partial charge in [0.15, 0.2) is 5.69 Å². The summed E-state index contributed by atoms with van der Waals surface area (Å²) in [4.78, 5) is 27.0. The Kier molecular flexibility index (Phi) is 4.84. The van der Waals surface area contributed by atoms with Crippen molar-refractivity contribution in [3.8, 4) is 0 Å². The van der Waals surface area contributed by atoms with Crippen molar-refractivity contribution in [2.75, 3.05) is 6.61 Å². The molecule has 0 radical (unpaired) electrons. The van der Waals surface area contributed by atoms with Gasteiger partial charge in [0.05, 0.1) is 13.0 Å². The van der Waals surface area contributed by atoms with E-state index in [1.54, 1.807) is 33.1 Å². The van der Waals surface area contributed by atoms with Gasteiger partial charge in [0.1, 0.15) is 10.6 Å². The van der Waals surface area contributed by atoms with Crippen molar-refractivity contribution in [2.24, 2.45) is 0 Å². The molecule has 1 rings (SSSR count). The summed E-state index contributed by atoms with van der Waals surface area (Å²) >= 11 is 1.25. The van der Waals surface area contributed by atoms with Crippen molar-refractivity contribution < 1.29 is 19.1 Å². The van der Waals surface area contributed by atoms with Gasteiger partial charge in [0.25, 0.3) is 0 Å². The Morgan fingerprint density at radius 3 is 2.61 bits per heavy atom. The van der Waals surface area contributed by atoms with Crippen LogP contribution in [0.25, 0.3) is 0 Å². The number of aromatic nitrogens is 1. The average Bonchev–Trinajstić information content (AvgIpc) is 2.63. The van der Waals surface area contributed by atoms with E-state index in [0.29, 0.717) is 11.6 Å². The number of hydrogen-bond acceptors (Lipinski definition) is 6. The molecule has 18 heavy (non-hydrogen) atoms. The third kappa shape index (κ3) is 4.83. The normalized spacial score (nSPS) is 11.1. The van der Waals surface area contributed by atoms with Crippen LogP contribution in [0.1, 0.15) is 43.2 Å². The fourth-order valence-electron chi connectivity index (χ4n) is 1.19. The first-order valence-electron chi connectivity index (χ1n) is 5.65. The lowest BCUT2D eigenvalue weighted by Crippen LogP contribution is -2.24. The maximum absolute atomic E-state index is 11.6. The number of rotatable bonds is 4. The molecular weight excluding hydrogens is 254 g/mol. The number of carbonyl (C=O) groups excluding carboxylic acids is 2. The highest BCUT2D eigenvalue weighted by molar-refractivity contribution is 7.09. The van der Waals surface area contributed by atoms with Crippen LogP contribution in [0.3, 0.4) is 0 Å². The van der Waals surface area contributed by atoms with Crippen molar-refractivity contribution in [1.29, 1.82) is 0 Å². The minimum absolute atomic E-state index is 0.0708. The first kappa shape index (κ1) is 14.6. The highest BCUT2D eigenvalue weighted by Gasteiger charge is 2.19. The first-order chi connectivity index (χ1) is 8.31. The number of nitrogens with zero attached hydrogens (tertiary/aromatic N) is 1. The van der Waals surface area contributed by atoms with Gasteiger partial charge in [-0.3, -0.25) is 4.79 Å². The summed E-state index contributed by atoms with van der Waals surface area (Å²) in [6.45, 7) is 7.44. The number of hydrogen-bond donors (Lipinski definition) is 0. The molecule has 0 unspecified atom stereocenters. The van der Waals surface area contributed by atoms with Gasteiger partial charge in [-0.2, -0.15) is 0 Å². The van der Waals surface area contributed by atoms with Crippen LogP contribution in [0.2, 0.25) is 0 Å². The topological polar surface area (TPSA) is 65.5 Å². The van der Waals surface area contributed by atoms with Crippen molar-refractivity contribution in [3.63, 3.8) is 0 Å². The number of esters is 2. The van der Waals surface area contributed by atoms with Crippen LogP contribution in [-0.4, -0.2) is 29.1 Å². The van der Waals surface area contributed by atoms with Crippen LogP contribution >= 0.6 is 11.3 Å². The van der Waals surface area contributed by atoms with Crippen LogP contribution in [0.15, 0.2) is 5.38 Å². The fourth-order valence-corrected chi connectivity index (χ4v) is 1.94. The van der Waals surface area contributed by atoms with Crippen LogP contribution in [0.4, 0.5) is 0 Å². The minimum atomic E-state index is -0.516. The van der Waals surface area contributed by atoms with E-state index in [1.807, 2.05) is 0 Å². The van der Waals surface area contributed by atoms with E-state index >= 15 is 0 Å². The summed E-state index contributed by atoms with van der Waals surface area (Å²) < 4.78 is 9.99. The molecule has 0 saturated carbocycles. The molecular formula is C12H17NO4S. The van der Waals surface area contributed by atoms with E-state index in [9.17, 15) is 9.59 Å². The molecule has 0 aliphatic rings. The maximum Gasteiger partial charge on any atom is 0.357 e. The molecule has 5 nitrogen and oxygen atoms in total. The van der Waals surface area contributed by atoms with Gasteiger partial charge in [0.2, 0.25) is 0 Å². The van der Waals surface area contributed by atoms with E-state index in [2.05, 4.69) is 4.98 Å². The van der Waals surface area contributed by atoms with Gasteiger partial charge in [-0.25, -0.2) is 9.78 Å². The standard InChI is InChI=1S/C12H17NO4S/c1-5-16-11(15)8-7-18-9(13-8)6-10(14)17-12(2,3)4/h7H,5-6H2,1-4H3. The Balaban J connectivity index is 2.59. The number of ether oxygens (including phenoxy) is 2. The molecule has 0 spiro atoms. The van der Waals surface area contributed by atoms with Gasteiger partial charge < -0.3 is 9.47 Å². The Morgan fingerprint density at radius 1 is 1.39 bits per heavy atom. The van der Waals surface area contributed by atoms with Gasteiger partial charge in [-0.05, 0) is 27.7 Å². The summed E-state index contributed by atoms with van der Waals surface area (Å²) in [5.41, 5.74) is -0.279. The molecule has 0 aromatic carbocycles. The molecule has 0 amide bonds. The van der Waals surface area contributed by atoms with Crippen molar-refractivity contribution in [1.82, 2.24) is 4.98 Å². The van der Waals surface area contributed by atoms with Crippen molar-refractivity contribution in [2.45, 2.75) is 39.7 Å². The summed E-state index contributed by atoms with van der Waals surface area (Å²) in [6.07, 6.45) is 0.0708. The van der Waals surface area contributed by atoms with E-state index in [0.717, 1.165) is 0 Å². The fraction of sp³-hybridized carbons (Fsp3) is 0.583. The SMILES string of the molecule is CCOC(=O)c1csc(CC(=O)OC(C)(C)C)n1. The quantitative estimate of drug-likeness (QED) is 0.785. The molecule has 100 valence electrons.